The lowest BCUT2D eigenvalue weighted by Gasteiger charge is -2.05. The number of hydrogen-bond donors (Lipinski definition) is 2. The van der Waals surface area contributed by atoms with Crippen LogP contribution in [0.4, 0.5) is 5.82 Å². The lowest BCUT2D eigenvalue weighted by atomic mass is 10.2. The molecular formula is C17H16ClN7O5. The number of carbonyl (C=O) groups is 2. The molecule has 3 rings (SSSR count). The first-order chi connectivity index (χ1) is 14.3. The number of benzene rings is 1. The van der Waals surface area contributed by atoms with Gasteiger partial charge in [-0.2, -0.15) is 9.67 Å². The zero-order chi connectivity index (χ0) is 21.7. The van der Waals surface area contributed by atoms with Crippen molar-refractivity contribution in [3.8, 4) is 0 Å². The summed E-state index contributed by atoms with van der Waals surface area (Å²) in [6.45, 7) is 1.98. The van der Waals surface area contributed by atoms with E-state index in [1.165, 1.54) is 10.7 Å². The smallest absolute Gasteiger partial charge is 0.358 e. The van der Waals surface area contributed by atoms with Crippen molar-refractivity contribution in [2.24, 2.45) is 0 Å². The topological polar surface area (TPSA) is 158 Å². The number of hydrogen-bond acceptors (Lipinski definition) is 8. The predicted molar refractivity (Wildman–Crippen MR) is 103 cm³/mol. The molecule has 156 valence electrons. The summed E-state index contributed by atoms with van der Waals surface area (Å²) in [5.41, 5.74) is 0.982. The zero-order valence-electron chi connectivity index (χ0n) is 15.7. The first-order valence-electron chi connectivity index (χ1n) is 8.67. The van der Waals surface area contributed by atoms with Gasteiger partial charge in [-0.1, -0.05) is 16.8 Å². The number of nitrogens with one attached hydrogen (secondary N) is 2. The SMILES string of the molecule is Cc1cc([N+](=O)[O-])nn1Cc1noc(C(=O)NCCNC(=O)c2ccc(Cl)cc2)n1. The number of nitrogens with zero attached hydrogens (tertiary/aromatic N) is 5. The van der Waals surface area contributed by atoms with Crippen molar-refractivity contribution < 1.29 is 19.0 Å². The van der Waals surface area contributed by atoms with E-state index in [1.54, 1.807) is 31.2 Å². The van der Waals surface area contributed by atoms with E-state index in [-0.39, 0.29) is 43.1 Å². The van der Waals surface area contributed by atoms with Crippen molar-refractivity contribution in [1.29, 1.82) is 0 Å². The highest BCUT2D eigenvalue weighted by Crippen LogP contribution is 2.12. The van der Waals surface area contributed by atoms with Crippen LogP contribution in [-0.2, 0) is 6.54 Å². The summed E-state index contributed by atoms with van der Waals surface area (Å²) in [5, 5.41) is 24.0. The standard InChI is InChI=1S/C17H16ClN7O5/c1-10-8-14(25(28)29)22-24(10)9-13-21-17(30-23-13)16(27)20-7-6-19-15(26)11-2-4-12(18)5-3-11/h2-5,8H,6-7,9H2,1H3,(H,19,26)(H,20,27). The Hall–Kier alpha value is -3.80. The van der Waals surface area contributed by atoms with Crippen molar-refractivity contribution in [2.45, 2.75) is 13.5 Å². The van der Waals surface area contributed by atoms with Crippen LogP contribution in [0.25, 0.3) is 0 Å². The van der Waals surface area contributed by atoms with Gasteiger partial charge in [0, 0.05) is 23.7 Å². The van der Waals surface area contributed by atoms with Crippen LogP contribution in [0.3, 0.4) is 0 Å². The number of aromatic nitrogens is 4. The molecule has 2 amide bonds. The minimum absolute atomic E-state index is 0.00754. The second kappa shape index (κ2) is 9.13. The van der Waals surface area contributed by atoms with E-state index in [0.717, 1.165) is 0 Å². The fourth-order valence-corrected chi connectivity index (χ4v) is 2.54. The molecule has 0 atom stereocenters. The van der Waals surface area contributed by atoms with E-state index in [9.17, 15) is 19.7 Å². The fourth-order valence-electron chi connectivity index (χ4n) is 2.42. The van der Waals surface area contributed by atoms with Gasteiger partial charge in [-0.05, 0) is 36.1 Å². The Labute approximate surface area is 174 Å². The van der Waals surface area contributed by atoms with Crippen molar-refractivity contribution >= 4 is 29.2 Å². The fraction of sp³-hybridized carbons (Fsp3) is 0.235. The number of aryl methyl sites for hydroxylation is 1. The van der Waals surface area contributed by atoms with Gasteiger partial charge in [0.25, 0.3) is 5.91 Å². The van der Waals surface area contributed by atoms with E-state index in [2.05, 4.69) is 25.9 Å². The maximum absolute atomic E-state index is 12.1. The highest BCUT2D eigenvalue weighted by Gasteiger charge is 2.19. The summed E-state index contributed by atoms with van der Waals surface area (Å²) in [6.07, 6.45) is 0. The maximum Gasteiger partial charge on any atom is 0.390 e. The Bertz CT molecular complexity index is 1080. The minimum Gasteiger partial charge on any atom is -0.358 e. The molecule has 0 saturated heterocycles. The summed E-state index contributed by atoms with van der Waals surface area (Å²) in [6, 6.07) is 7.70. The number of nitro groups is 1. The third-order valence-electron chi connectivity index (χ3n) is 3.91. The molecule has 13 heteroatoms. The molecule has 0 spiro atoms. The van der Waals surface area contributed by atoms with E-state index in [4.69, 9.17) is 16.1 Å². The Kier molecular flexibility index (Phi) is 6.37. The molecule has 0 fully saturated rings. The molecule has 1 aromatic carbocycles. The number of amides is 2. The Morgan fingerprint density at radius 1 is 1.20 bits per heavy atom. The minimum atomic E-state index is -0.613. The quantitative estimate of drug-likeness (QED) is 0.306. The van der Waals surface area contributed by atoms with Crippen LogP contribution in [0.15, 0.2) is 34.9 Å². The van der Waals surface area contributed by atoms with E-state index >= 15 is 0 Å². The van der Waals surface area contributed by atoms with Gasteiger partial charge >= 0.3 is 17.6 Å². The van der Waals surface area contributed by atoms with Crippen LogP contribution in [0.1, 0.15) is 32.6 Å². The first-order valence-corrected chi connectivity index (χ1v) is 9.04. The van der Waals surface area contributed by atoms with Crippen molar-refractivity contribution in [3.05, 3.63) is 68.4 Å². The van der Waals surface area contributed by atoms with Crippen LogP contribution >= 0.6 is 11.6 Å². The molecule has 0 aliphatic heterocycles. The van der Waals surface area contributed by atoms with Crippen LogP contribution < -0.4 is 10.6 Å². The van der Waals surface area contributed by atoms with Gasteiger partial charge < -0.3 is 25.3 Å². The third kappa shape index (κ3) is 5.17. The van der Waals surface area contributed by atoms with Gasteiger partial charge in [0.05, 0.1) is 16.9 Å². The van der Waals surface area contributed by atoms with Crippen molar-refractivity contribution in [1.82, 2.24) is 30.6 Å². The molecule has 30 heavy (non-hydrogen) atoms. The molecule has 2 N–H and O–H groups in total. The molecule has 0 aliphatic rings. The average molecular weight is 434 g/mol. The average Bonchev–Trinajstić information content (AvgIpc) is 3.33. The van der Waals surface area contributed by atoms with E-state index < -0.39 is 10.8 Å². The van der Waals surface area contributed by atoms with Crippen molar-refractivity contribution in [3.63, 3.8) is 0 Å². The molecule has 2 aromatic heterocycles. The maximum atomic E-state index is 12.1. The molecule has 0 aliphatic carbocycles. The summed E-state index contributed by atoms with van der Waals surface area (Å²) in [7, 11) is 0. The molecule has 2 heterocycles. The van der Waals surface area contributed by atoms with Crippen LogP contribution in [0, 0.1) is 17.0 Å². The van der Waals surface area contributed by atoms with Gasteiger partial charge in [0.15, 0.2) is 5.82 Å². The Morgan fingerprint density at radius 3 is 2.50 bits per heavy atom. The molecule has 3 aromatic rings. The second-order valence-corrected chi connectivity index (χ2v) is 6.53. The van der Waals surface area contributed by atoms with Crippen LogP contribution in [-0.4, -0.2) is 49.7 Å². The van der Waals surface area contributed by atoms with Gasteiger partial charge in [0.2, 0.25) is 0 Å². The lowest BCUT2D eigenvalue weighted by Crippen LogP contribution is -2.34. The predicted octanol–water partition coefficient (Wildman–Crippen LogP) is 1.34. The van der Waals surface area contributed by atoms with Crippen LogP contribution in [0.2, 0.25) is 5.02 Å². The highest BCUT2D eigenvalue weighted by atomic mass is 35.5. The molecule has 0 unspecified atom stereocenters. The van der Waals surface area contributed by atoms with E-state index in [0.29, 0.717) is 16.3 Å². The van der Waals surface area contributed by atoms with Crippen LogP contribution in [0.5, 0.6) is 0 Å². The zero-order valence-corrected chi connectivity index (χ0v) is 16.4. The van der Waals surface area contributed by atoms with Gasteiger partial charge in [0.1, 0.15) is 6.54 Å². The monoisotopic (exact) mass is 433 g/mol. The van der Waals surface area contributed by atoms with Gasteiger partial charge in [-0.25, -0.2) is 0 Å². The van der Waals surface area contributed by atoms with Gasteiger partial charge in [-0.3, -0.25) is 9.59 Å². The Balaban J connectivity index is 1.47. The highest BCUT2D eigenvalue weighted by molar-refractivity contribution is 6.30. The molecular weight excluding hydrogens is 418 g/mol. The third-order valence-corrected chi connectivity index (χ3v) is 4.16. The molecule has 0 radical (unpaired) electrons. The molecule has 0 bridgehead atoms. The van der Waals surface area contributed by atoms with Gasteiger partial charge in [-0.15, -0.1) is 0 Å². The summed E-state index contributed by atoms with van der Waals surface area (Å²) >= 11 is 5.77. The normalized spacial score (nSPS) is 10.6. The molecule has 0 saturated carbocycles. The Morgan fingerprint density at radius 2 is 1.87 bits per heavy atom. The number of rotatable bonds is 8. The molecule has 12 nitrogen and oxygen atoms in total. The van der Waals surface area contributed by atoms with Crippen molar-refractivity contribution in [2.75, 3.05) is 13.1 Å². The summed E-state index contributed by atoms with van der Waals surface area (Å²) in [4.78, 5) is 38.1. The largest absolute Gasteiger partial charge is 0.390 e. The van der Waals surface area contributed by atoms with E-state index in [1.807, 2.05) is 0 Å². The summed E-state index contributed by atoms with van der Waals surface area (Å²) in [5.74, 6) is -1.34. The number of halogens is 1. The summed E-state index contributed by atoms with van der Waals surface area (Å²) < 4.78 is 6.23. The lowest BCUT2D eigenvalue weighted by molar-refractivity contribution is -0.389. The second-order valence-electron chi connectivity index (χ2n) is 6.09. The first kappa shape index (κ1) is 20.9. The number of carbonyl (C=O) groups excluding carboxylic acids is 2.